The Morgan fingerprint density at radius 3 is 2.31 bits per heavy atom. The molecule has 0 bridgehead atoms. The largest absolute Gasteiger partial charge is 0.496 e. The minimum absolute atomic E-state index is 0.136. The van der Waals surface area contributed by atoms with Gasteiger partial charge in [-0.05, 0) is 37.1 Å². The van der Waals surface area contributed by atoms with Crippen molar-refractivity contribution in [3.63, 3.8) is 0 Å². The normalized spacial score (nSPS) is 15.0. The van der Waals surface area contributed by atoms with Crippen LogP contribution in [0.3, 0.4) is 0 Å². The lowest BCUT2D eigenvalue weighted by molar-refractivity contribution is -0.159. The molecule has 6 heteroatoms. The van der Waals surface area contributed by atoms with Crippen molar-refractivity contribution in [1.82, 2.24) is 4.90 Å². The molecule has 1 saturated heterocycles. The highest BCUT2D eigenvalue weighted by molar-refractivity contribution is 5.83. The third kappa shape index (κ3) is 5.50. The number of ether oxygens (including phenoxy) is 2. The second kappa shape index (κ2) is 9.96. The van der Waals surface area contributed by atoms with Crippen LogP contribution >= 0.6 is 0 Å². The molecule has 1 atom stereocenters. The van der Waals surface area contributed by atoms with E-state index in [0.29, 0.717) is 19.5 Å². The molecule has 1 unspecified atom stereocenters. The minimum atomic E-state index is -0.775. The van der Waals surface area contributed by atoms with Crippen LogP contribution < -0.4 is 9.64 Å². The zero-order chi connectivity index (χ0) is 20.6. The van der Waals surface area contributed by atoms with E-state index in [1.54, 1.807) is 18.9 Å². The molecule has 2 aromatic rings. The lowest BCUT2D eigenvalue weighted by Gasteiger charge is -2.37. The second-order valence-corrected chi connectivity index (χ2v) is 7.09. The van der Waals surface area contributed by atoms with Crippen LogP contribution in [0.5, 0.6) is 5.75 Å². The summed E-state index contributed by atoms with van der Waals surface area (Å²) in [5.41, 5.74) is 2.11. The Balaban J connectivity index is 1.45. The number of hydrogen-bond acceptors (Lipinski definition) is 5. The Labute approximate surface area is 172 Å². The first-order chi connectivity index (χ1) is 14.1. The summed E-state index contributed by atoms with van der Waals surface area (Å²) in [5.74, 6) is 0.240. The van der Waals surface area contributed by atoms with Crippen LogP contribution in [0.15, 0.2) is 54.6 Å². The van der Waals surface area contributed by atoms with E-state index in [0.717, 1.165) is 30.1 Å². The van der Waals surface area contributed by atoms with E-state index in [4.69, 9.17) is 9.47 Å². The molecule has 1 amide bonds. The van der Waals surface area contributed by atoms with E-state index in [9.17, 15) is 9.59 Å². The highest BCUT2D eigenvalue weighted by atomic mass is 16.5. The van der Waals surface area contributed by atoms with Gasteiger partial charge in [0.15, 0.2) is 6.10 Å². The standard InChI is InChI=1S/C23H28N2O4/c1-18(29-22(26)13-12-19-8-6-7-11-21(19)28-2)23(27)25-16-14-24(15-17-25)20-9-4-3-5-10-20/h3-11,18H,12-17H2,1-2H3. The van der Waals surface area contributed by atoms with E-state index >= 15 is 0 Å². The van der Waals surface area contributed by atoms with Crippen molar-refractivity contribution in [2.24, 2.45) is 0 Å². The number of amides is 1. The smallest absolute Gasteiger partial charge is 0.306 e. The van der Waals surface area contributed by atoms with Gasteiger partial charge in [0.1, 0.15) is 5.75 Å². The number of carbonyl (C=O) groups is 2. The maximum Gasteiger partial charge on any atom is 0.306 e. The van der Waals surface area contributed by atoms with Crippen LogP contribution in [-0.4, -0.2) is 56.2 Å². The summed E-state index contributed by atoms with van der Waals surface area (Å²) in [5, 5.41) is 0. The molecule has 6 nitrogen and oxygen atoms in total. The number of rotatable bonds is 7. The van der Waals surface area contributed by atoms with Gasteiger partial charge < -0.3 is 19.3 Å². The number of benzene rings is 2. The van der Waals surface area contributed by atoms with E-state index in [1.807, 2.05) is 42.5 Å². The van der Waals surface area contributed by atoms with Gasteiger partial charge in [-0.3, -0.25) is 9.59 Å². The number of piperazine rings is 1. The predicted molar refractivity (Wildman–Crippen MR) is 112 cm³/mol. The summed E-state index contributed by atoms with van der Waals surface area (Å²) < 4.78 is 10.7. The van der Waals surface area contributed by atoms with Crippen LogP contribution in [0.4, 0.5) is 5.69 Å². The zero-order valence-corrected chi connectivity index (χ0v) is 17.0. The van der Waals surface area contributed by atoms with Gasteiger partial charge in [0.05, 0.1) is 7.11 Å². The Hall–Kier alpha value is -3.02. The van der Waals surface area contributed by atoms with Gasteiger partial charge >= 0.3 is 5.97 Å². The first kappa shape index (κ1) is 20.7. The molecule has 1 heterocycles. The van der Waals surface area contributed by atoms with Gasteiger partial charge in [-0.25, -0.2) is 0 Å². The highest BCUT2D eigenvalue weighted by Gasteiger charge is 2.27. The lowest BCUT2D eigenvalue weighted by Crippen LogP contribution is -2.51. The average molecular weight is 396 g/mol. The fourth-order valence-corrected chi connectivity index (χ4v) is 3.53. The summed E-state index contributed by atoms with van der Waals surface area (Å²) in [4.78, 5) is 28.9. The van der Waals surface area contributed by atoms with Crippen molar-refractivity contribution >= 4 is 17.6 Å². The third-order valence-electron chi connectivity index (χ3n) is 5.16. The topological polar surface area (TPSA) is 59.1 Å². The summed E-state index contributed by atoms with van der Waals surface area (Å²) in [6.45, 7) is 4.43. The Morgan fingerprint density at radius 1 is 0.966 bits per heavy atom. The molecule has 0 saturated carbocycles. The molecular formula is C23H28N2O4. The minimum Gasteiger partial charge on any atom is -0.496 e. The third-order valence-corrected chi connectivity index (χ3v) is 5.16. The molecule has 1 aliphatic heterocycles. The SMILES string of the molecule is COc1ccccc1CCC(=O)OC(C)C(=O)N1CCN(c2ccccc2)CC1. The first-order valence-corrected chi connectivity index (χ1v) is 9.98. The average Bonchev–Trinajstić information content (AvgIpc) is 2.78. The zero-order valence-electron chi connectivity index (χ0n) is 17.0. The maximum atomic E-state index is 12.7. The van der Waals surface area contributed by atoms with Crippen molar-refractivity contribution in [1.29, 1.82) is 0 Å². The van der Waals surface area contributed by atoms with Crippen LogP contribution in [0, 0.1) is 0 Å². The number of aryl methyl sites for hydroxylation is 1. The second-order valence-electron chi connectivity index (χ2n) is 7.09. The number of carbonyl (C=O) groups excluding carboxylic acids is 2. The van der Waals surface area contributed by atoms with E-state index in [2.05, 4.69) is 17.0 Å². The van der Waals surface area contributed by atoms with E-state index < -0.39 is 6.10 Å². The molecule has 154 valence electrons. The summed E-state index contributed by atoms with van der Waals surface area (Å²) in [6.07, 6.45) is -0.0531. The monoisotopic (exact) mass is 396 g/mol. The van der Waals surface area contributed by atoms with Gasteiger partial charge in [-0.2, -0.15) is 0 Å². The summed E-state index contributed by atoms with van der Waals surface area (Å²) in [7, 11) is 1.61. The Morgan fingerprint density at radius 2 is 1.62 bits per heavy atom. The molecule has 1 fully saturated rings. The molecule has 0 aliphatic carbocycles. The van der Waals surface area contributed by atoms with E-state index in [-0.39, 0.29) is 18.3 Å². The number of anilines is 1. The van der Waals surface area contributed by atoms with Crippen molar-refractivity contribution in [2.75, 3.05) is 38.2 Å². The molecule has 2 aromatic carbocycles. The molecule has 1 aliphatic rings. The maximum absolute atomic E-state index is 12.7. The predicted octanol–water partition coefficient (Wildman–Crippen LogP) is 2.91. The molecule has 0 spiro atoms. The number of nitrogens with zero attached hydrogens (tertiary/aromatic N) is 2. The summed E-state index contributed by atoms with van der Waals surface area (Å²) >= 11 is 0. The number of esters is 1. The number of methoxy groups -OCH3 is 1. The molecular weight excluding hydrogens is 368 g/mol. The van der Waals surface area contributed by atoms with Crippen LogP contribution in [0.1, 0.15) is 18.9 Å². The fraction of sp³-hybridized carbons (Fsp3) is 0.391. The highest BCUT2D eigenvalue weighted by Crippen LogP contribution is 2.19. The van der Waals surface area contributed by atoms with Gasteiger partial charge in [0.2, 0.25) is 0 Å². The molecule has 0 aromatic heterocycles. The fourth-order valence-electron chi connectivity index (χ4n) is 3.53. The van der Waals surface area contributed by atoms with Gasteiger partial charge in [0, 0.05) is 38.3 Å². The van der Waals surface area contributed by atoms with E-state index in [1.165, 1.54) is 0 Å². The molecule has 0 radical (unpaired) electrons. The van der Waals surface area contributed by atoms with Crippen molar-refractivity contribution in [2.45, 2.75) is 25.9 Å². The lowest BCUT2D eigenvalue weighted by atomic mass is 10.1. The first-order valence-electron chi connectivity index (χ1n) is 9.98. The van der Waals surface area contributed by atoms with Gasteiger partial charge in [0.25, 0.3) is 5.91 Å². The Kier molecular flexibility index (Phi) is 7.11. The van der Waals surface area contributed by atoms with Crippen LogP contribution in [-0.2, 0) is 20.7 Å². The van der Waals surface area contributed by atoms with Crippen LogP contribution in [0.25, 0.3) is 0 Å². The van der Waals surface area contributed by atoms with Gasteiger partial charge in [-0.1, -0.05) is 36.4 Å². The quantitative estimate of drug-likeness (QED) is 0.674. The van der Waals surface area contributed by atoms with Gasteiger partial charge in [-0.15, -0.1) is 0 Å². The summed E-state index contributed by atoms with van der Waals surface area (Å²) in [6, 6.07) is 17.7. The molecule has 29 heavy (non-hydrogen) atoms. The number of hydrogen-bond donors (Lipinski definition) is 0. The van der Waals surface area contributed by atoms with Crippen molar-refractivity contribution < 1.29 is 19.1 Å². The number of para-hydroxylation sites is 2. The molecule has 0 N–H and O–H groups in total. The van der Waals surface area contributed by atoms with Crippen molar-refractivity contribution in [3.8, 4) is 5.75 Å². The molecule has 3 rings (SSSR count). The van der Waals surface area contributed by atoms with Crippen molar-refractivity contribution in [3.05, 3.63) is 60.2 Å². The van der Waals surface area contributed by atoms with Crippen LogP contribution in [0.2, 0.25) is 0 Å². The Bertz CT molecular complexity index is 817.